The number of benzene rings is 2. The number of hydrogen-bond donors (Lipinski definition) is 1. The summed E-state index contributed by atoms with van der Waals surface area (Å²) in [6, 6.07) is 12.5. The van der Waals surface area contributed by atoms with E-state index in [9.17, 15) is 14.4 Å². The molecule has 3 saturated heterocycles. The number of Topliss-reactive ketones (excluding diaryl/α,β-unsaturated/α-hetero) is 1. The maximum Gasteiger partial charge on any atom is 0.240 e. The van der Waals surface area contributed by atoms with Gasteiger partial charge in [-0.3, -0.25) is 19.3 Å². The molecule has 2 amide bonds. The maximum atomic E-state index is 13.9. The summed E-state index contributed by atoms with van der Waals surface area (Å²) in [5.74, 6) is -1.75. The molecular weight excluding hydrogens is 414 g/mol. The number of ketones is 1. The lowest BCUT2D eigenvalue weighted by Crippen LogP contribution is -2.60. The average molecular weight is 436 g/mol. The fourth-order valence-electron chi connectivity index (χ4n) is 6.43. The number of amides is 2. The molecule has 0 unspecified atom stereocenters. The fraction of sp³-hybridized carbons (Fsp3) is 0.375. The molecule has 1 aliphatic carbocycles. The number of nitrogens with zero attached hydrogens (tertiary/aromatic N) is 2. The Morgan fingerprint density at radius 3 is 2.61 bits per heavy atom. The minimum absolute atomic E-state index is 0.00308. The molecule has 158 valence electrons. The van der Waals surface area contributed by atoms with Crippen LogP contribution in [0, 0.1) is 18.8 Å². The first kappa shape index (κ1) is 19.2. The molecule has 3 aliphatic heterocycles. The largest absolute Gasteiger partial charge is 0.314 e. The van der Waals surface area contributed by atoms with Crippen LogP contribution in [0.5, 0.6) is 0 Å². The predicted molar refractivity (Wildman–Crippen MR) is 116 cm³/mol. The number of fused-ring (bicyclic) bond motifs is 7. The average Bonchev–Trinajstić information content (AvgIpc) is 3.35. The number of carbonyl (C=O) groups excluding carboxylic acids is 3. The normalized spacial score (nSPS) is 32.0. The molecule has 6 rings (SSSR count). The predicted octanol–water partition coefficient (Wildman–Crippen LogP) is 2.06. The molecule has 1 N–H and O–H groups in total. The van der Waals surface area contributed by atoms with Gasteiger partial charge in [0.1, 0.15) is 5.54 Å². The molecule has 4 aliphatic rings. The fourth-order valence-corrected chi connectivity index (χ4v) is 6.60. The molecule has 0 radical (unpaired) electrons. The Kier molecular flexibility index (Phi) is 4.01. The van der Waals surface area contributed by atoms with Gasteiger partial charge in [0.2, 0.25) is 11.8 Å². The Bertz CT molecular complexity index is 1150. The van der Waals surface area contributed by atoms with Gasteiger partial charge in [-0.2, -0.15) is 0 Å². The molecule has 0 saturated carbocycles. The number of piperazine rings is 1. The van der Waals surface area contributed by atoms with Crippen LogP contribution in [0.1, 0.15) is 16.7 Å². The Hall–Kier alpha value is -2.54. The van der Waals surface area contributed by atoms with E-state index >= 15 is 0 Å². The van der Waals surface area contributed by atoms with Crippen molar-refractivity contribution in [3.05, 3.63) is 64.2 Å². The van der Waals surface area contributed by atoms with E-state index in [1.54, 1.807) is 12.1 Å². The Labute approximate surface area is 185 Å². The van der Waals surface area contributed by atoms with Crippen LogP contribution in [-0.2, 0) is 26.3 Å². The molecule has 3 heterocycles. The van der Waals surface area contributed by atoms with Crippen LogP contribution in [-0.4, -0.2) is 48.2 Å². The van der Waals surface area contributed by atoms with E-state index in [1.807, 2.05) is 37.3 Å². The second kappa shape index (κ2) is 6.48. The summed E-state index contributed by atoms with van der Waals surface area (Å²) in [6.45, 7) is 3.85. The molecule has 31 heavy (non-hydrogen) atoms. The molecule has 2 aromatic carbocycles. The van der Waals surface area contributed by atoms with Crippen molar-refractivity contribution >= 4 is 34.9 Å². The van der Waals surface area contributed by atoms with E-state index in [2.05, 4.69) is 10.2 Å². The summed E-state index contributed by atoms with van der Waals surface area (Å²) in [7, 11) is 0. The highest BCUT2D eigenvalue weighted by Crippen LogP contribution is 2.59. The number of anilines is 1. The van der Waals surface area contributed by atoms with Crippen molar-refractivity contribution in [3.63, 3.8) is 0 Å². The van der Waals surface area contributed by atoms with Gasteiger partial charge in [0.05, 0.1) is 17.5 Å². The van der Waals surface area contributed by atoms with Gasteiger partial charge in [0.15, 0.2) is 5.78 Å². The summed E-state index contributed by atoms with van der Waals surface area (Å²) in [6.07, 6.45) is 0.244. The molecule has 1 spiro atoms. The van der Waals surface area contributed by atoms with Crippen molar-refractivity contribution < 1.29 is 14.4 Å². The highest BCUT2D eigenvalue weighted by molar-refractivity contribution is 6.31. The summed E-state index contributed by atoms with van der Waals surface area (Å²) in [5, 5.41) is 3.99. The van der Waals surface area contributed by atoms with Gasteiger partial charge in [0, 0.05) is 37.1 Å². The van der Waals surface area contributed by atoms with Crippen LogP contribution >= 0.6 is 11.6 Å². The van der Waals surface area contributed by atoms with Crippen molar-refractivity contribution in [2.75, 3.05) is 24.5 Å². The molecular formula is C24H22ClN3O3. The number of para-hydroxylation sites is 1. The number of hydrogen-bond acceptors (Lipinski definition) is 5. The minimum atomic E-state index is -1.10. The molecule has 3 fully saturated rings. The van der Waals surface area contributed by atoms with Crippen molar-refractivity contribution in [3.8, 4) is 0 Å². The zero-order valence-electron chi connectivity index (χ0n) is 17.1. The third kappa shape index (κ3) is 2.22. The SMILES string of the molecule is Cc1c(Cl)ccc2c1CC(=O)[C@@]21[C@H]2C(=O)N(c3ccccc3)C(=O)[C@H]2[C@H]2CNCCN21. The minimum Gasteiger partial charge on any atom is -0.314 e. The van der Waals surface area contributed by atoms with Gasteiger partial charge in [-0.05, 0) is 41.8 Å². The summed E-state index contributed by atoms with van der Waals surface area (Å²) >= 11 is 6.37. The van der Waals surface area contributed by atoms with Crippen LogP contribution in [0.2, 0.25) is 5.02 Å². The Balaban J connectivity index is 1.59. The van der Waals surface area contributed by atoms with Crippen molar-refractivity contribution in [1.29, 1.82) is 0 Å². The van der Waals surface area contributed by atoms with E-state index < -0.39 is 17.4 Å². The molecule has 0 bridgehead atoms. The van der Waals surface area contributed by atoms with Gasteiger partial charge >= 0.3 is 0 Å². The van der Waals surface area contributed by atoms with Crippen LogP contribution in [0.25, 0.3) is 0 Å². The van der Waals surface area contributed by atoms with Crippen LogP contribution < -0.4 is 10.2 Å². The van der Waals surface area contributed by atoms with E-state index in [-0.39, 0.29) is 30.1 Å². The van der Waals surface area contributed by atoms with E-state index in [0.717, 1.165) is 23.2 Å². The first-order valence-corrected chi connectivity index (χ1v) is 11.1. The first-order chi connectivity index (χ1) is 15.0. The topological polar surface area (TPSA) is 69.7 Å². The first-order valence-electron chi connectivity index (χ1n) is 10.7. The van der Waals surface area contributed by atoms with E-state index in [4.69, 9.17) is 11.6 Å². The third-order valence-corrected chi connectivity index (χ3v) is 8.08. The molecule has 7 heteroatoms. The Morgan fingerprint density at radius 2 is 1.84 bits per heavy atom. The summed E-state index contributed by atoms with van der Waals surface area (Å²) in [4.78, 5) is 44.8. The quantitative estimate of drug-likeness (QED) is 0.694. The van der Waals surface area contributed by atoms with Gasteiger partial charge in [-0.25, -0.2) is 4.90 Å². The van der Waals surface area contributed by atoms with Crippen LogP contribution in [0.3, 0.4) is 0 Å². The lowest BCUT2D eigenvalue weighted by molar-refractivity contribution is -0.137. The zero-order valence-corrected chi connectivity index (χ0v) is 17.9. The van der Waals surface area contributed by atoms with Crippen molar-refractivity contribution in [1.82, 2.24) is 10.2 Å². The number of imide groups is 1. The summed E-state index contributed by atoms with van der Waals surface area (Å²) in [5.41, 5.74) is 2.12. The Morgan fingerprint density at radius 1 is 1.06 bits per heavy atom. The highest BCUT2D eigenvalue weighted by Gasteiger charge is 2.73. The second-order valence-corrected chi connectivity index (χ2v) is 9.29. The zero-order chi connectivity index (χ0) is 21.5. The molecule has 0 aromatic heterocycles. The third-order valence-electron chi connectivity index (χ3n) is 7.67. The van der Waals surface area contributed by atoms with Crippen molar-refractivity contribution in [2.24, 2.45) is 11.8 Å². The van der Waals surface area contributed by atoms with Gasteiger partial charge < -0.3 is 5.32 Å². The van der Waals surface area contributed by atoms with Crippen LogP contribution in [0.4, 0.5) is 5.69 Å². The standard InChI is InChI=1S/C24H22ClN3O3/c1-13-15-11-19(29)24(16(15)7-8-17(13)25)21-20(18-12-26-9-10-27(18)24)22(30)28(23(21)31)14-5-3-2-4-6-14/h2-8,18,20-21,26H,9-12H2,1H3/t18-,20+,21-,24-/m1/s1. The maximum absolute atomic E-state index is 13.9. The van der Waals surface area contributed by atoms with Gasteiger partial charge in [0.25, 0.3) is 0 Å². The summed E-state index contributed by atoms with van der Waals surface area (Å²) < 4.78 is 0. The smallest absolute Gasteiger partial charge is 0.240 e. The molecule has 4 atom stereocenters. The highest BCUT2D eigenvalue weighted by atomic mass is 35.5. The van der Waals surface area contributed by atoms with E-state index in [1.165, 1.54) is 4.90 Å². The lowest BCUT2D eigenvalue weighted by atomic mass is 9.75. The molecule has 6 nitrogen and oxygen atoms in total. The molecule has 2 aromatic rings. The number of nitrogens with one attached hydrogen (secondary N) is 1. The number of halogens is 1. The second-order valence-electron chi connectivity index (χ2n) is 8.88. The lowest BCUT2D eigenvalue weighted by Gasteiger charge is -2.43. The number of carbonyl (C=O) groups is 3. The van der Waals surface area contributed by atoms with Crippen molar-refractivity contribution in [2.45, 2.75) is 24.9 Å². The van der Waals surface area contributed by atoms with Gasteiger partial charge in [-0.15, -0.1) is 0 Å². The monoisotopic (exact) mass is 435 g/mol. The number of rotatable bonds is 1. The van der Waals surface area contributed by atoms with Crippen LogP contribution in [0.15, 0.2) is 42.5 Å². The van der Waals surface area contributed by atoms with E-state index in [0.29, 0.717) is 23.8 Å². The van der Waals surface area contributed by atoms with Gasteiger partial charge in [-0.1, -0.05) is 35.9 Å².